The van der Waals surface area contributed by atoms with Gasteiger partial charge in [-0.05, 0) is 30.2 Å². The summed E-state index contributed by atoms with van der Waals surface area (Å²) in [7, 11) is 0. The summed E-state index contributed by atoms with van der Waals surface area (Å²) < 4.78 is 46.7. The molecule has 0 saturated heterocycles. The third kappa shape index (κ3) is 7.17. The summed E-state index contributed by atoms with van der Waals surface area (Å²) >= 11 is 0. The van der Waals surface area contributed by atoms with E-state index in [1.165, 1.54) is 0 Å². The number of hydrazine groups is 1. The zero-order valence-corrected chi connectivity index (χ0v) is 16.2. The van der Waals surface area contributed by atoms with Crippen LogP contribution in [0.5, 0.6) is 11.5 Å². The van der Waals surface area contributed by atoms with E-state index in [4.69, 9.17) is 4.74 Å². The molecule has 12 heteroatoms. The first-order valence-electron chi connectivity index (χ1n) is 8.88. The number of carbonyl (C=O) groups excluding carboxylic acids is 2. The van der Waals surface area contributed by atoms with E-state index in [-0.39, 0.29) is 0 Å². The van der Waals surface area contributed by atoms with Crippen LogP contribution in [0.4, 0.5) is 18.9 Å². The average molecular weight is 441 g/mol. The van der Waals surface area contributed by atoms with E-state index in [2.05, 4.69) is 4.74 Å². The Balaban J connectivity index is 2.01. The van der Waals surface area contributed by atoms with Gasteiger partial charge in [-0.1, -0.05) is 25.1 Å². The summed E-state index contributed by atoms with van der Waals surface area (Å²) in [5.74, 6) is -1.80. The van der Waals surface area contributed by atoms with Gasteiger partial charge in [-0.15, -0.1) is 0 Å². The van der Waals surface area contributed by atoms with Crippen molar-refractivity contribution in [2.24, 2.45) is 0 Å². The Hall–Kier alpha value is -3.83. The van der Waals surface area contributed by atoms with E-state index in [1.54, 1.807) is 12.1 Å². The number of ether oxygens (including phenoxy) is 2. The molecule has 0 atom stereocenters. The SMILES string of the molecule is CCc1ccccc1OCC(=O)NNC(=O)c1cc(OCC(F)(F)F)ccc1[N+](=O)[O-]. The number of nitro groups is 1. The largest absolute Gasteiger partial charge is 0.484 e. The fourth-order valence-corrected chi connectivity index (χ4v) is 2.42. The Morgan fingerprint density at radius 2 is 1.81 bits per heavy atom. The first-order valence-corrected chi connectivity index (χ1v) is 8.88. The van der Waals surface area contributed by atoms with Gasteiger partial charge < -0.3 is 9.47 Å². The molecule has 9 nitrogen and oxygen atoms in total. The fourth-order valence-electron chi connectivity index (χ4n) is 2.42. The minimum absolute atomic E-state index is 0.404. The van der Waals surface area contributed by atoms with Crippen LogP contribution in [0.15, 0.2) is 42.5 Å². The highest BCUT2D eigenvalue weighted by Gasteiger charge is 2.29. The third-order valence-electron chi connectivity index (χ3n) is 3.84. The number of hydrogen-bond acceptors (Lipinski definition) is 6. The van der Waals surface area contributed by atoms with Gasteiger partial charge in [0.1, 0.15) is 17.1 Å². The molecule has 0 saturated carbocycles. The summed E-state index contributed by atoms with van der Waals surface area (Å²) in [6.07, 6.45) is -3.96. The minimum Gasteiger partial charge on any atom is -0.484 e. The topological polar surface area (TPSA) is 120 Å². The van der Waals surface area contributed by atoms with Crippen LogP contribution in [0.3, 0.4) is 0 Å². The number of rotatable bonds is 8. The van der Waals surface area contributed by atoms with Gasteiger partial charge in [-0.25, -0.2) is 0 Å². The van der Waals surface area contributed by atoms with Crippen LogP contribution in [-0.4, -0.2) is 36.1 Å². The molecular weight excluding hydrogens is 423 g/mol. The molecule has 0 spiro atoms. The minimum atomic E-state index is -4.63. The molecule has 0 aliphatic heterocycles. The molecule has 0 radical (unpaired) electrons. The van der Waals surface area contributed by atoms with Crippen LogP contribution >= 0.6 is 0 Å². The second-order valence-electron chi connectivity index (χ2n) is 6.09. The number of nitro benzene ring substituents is 1. The van der Waals surface area contributed by atoms with Gasteiger partial charge in [0.2, 0.25) is 0 Å². The Bertz CT molecular complexity index is 965. The number of benzene rings is 2. The first kappa shape index (κ1) is 23.4. The summed E-state index contributed by atoms with van der Waals surface area (Å²) in [6.45, 7) is -0.185. The lowest BCUT2D eigenvalue weighted by Gasteiger charge is -2.12. The van der Waals surface area contributed by atoms with E-state index in [1.807, 2.05) is 29.9 Å². The van der Waals surface area contributed by atoms with E-state index < -0.39 is 53.1 Å². The average Bonchev–Trinajstić information content (AvgIpc) is 2.73. The summed E-state index contributed by atoms with van der Waals surface area (Å²) in [5.41, 5.74) is 3.57. The molecule has 2 aromatic carbocycles. The predicted octanol–water partition coefficient (Wildman–Crippen LogP) is 2.94. The Morgan fingerprint density at radius 1 is 1.10 bits per heavy atom. The smallest absolute Gasteiger partial charge is 0.422 e. The number of amides is 2. The molecule has 0 fully saturated rings. The molecule has 2 amide bonds. The van der Waals surface area contributed by atoms with Crippen molar-refractivity contribution in [2.45, 2.75) is 19.5 Å². The predicted molar refractivity (Wildman–Crippen MR) is 102 cm³/mol. The molecule has 0 heterocycles. The summed E-state index contributed by atoms with van der Waals surface area (Å²) in [6, 6.07) is 9.56. The van der Waals surface area contributed by atoms with E-state index in [9.17, 15) is 32.9 Å². The standard InChI is InChI=1S/C19H18F3N3O6/c1-2-12-5-3-4-6-16(12)30-10-17(26)23-24-18(27)14-9-13(31-11-19(20,21)22)7-8-15(14)25(28)29/h3-9H,2,10-11H2,1H3,(H,23,26)(H,24,27). The molecule has 0 unspecified atom stereocenters. The molecule has 2 rings (SSSR count). The van der Waals surface area contributed by atoms with Gasteiger partial charge in [-0.3, -0.25) is 30.6 Å². The maximum absolute atomic E-state index is 12.3. The lowest BCUT2D eigenvalue weighted by Crippen LogP contribution is -2.44. The Kier molecular flexibility index (Phi) is 7.77. The van der Waals surface area contributed by atoms with Crippen LogP contribution in [0.1, 0.15) is 22.8 Å². The first-order chi connectivity index (χ1) is 14.6. The van der Waals surface area contributed by atoms with E-state index in [0.717, 1.165) is 23.8 Å². The van der Waals surface area contributed by atoms with Crippen molar-refractivity contribution in [3.8, 4) is 11.5 Å². The second-order valence-corrected chi connectivity index (χ2v) is 6.09. The van der Waals surface area contributed by atoms with Gasteiger partial charge in [0.25, 0.3) is 17.5 Å². The number of para-hydroxylation sites is 1. The molecule has 0 aromatic heterocycles. The monoisotopic (exact) mass is 441 g/mol. The van der Waals surface area contributed by atoms with E-state index >= 15 is 0 Å². The van der Waals surface area contributed by atoms with Gasteiger partial charge in [0.05, 0.1) is 4.92 Å². The van der Waals surface area contributed by atoms with Crippen molar-refractivity contribution >= 4 is 17.5 Å². The van der Waals surface area contributed by atoms with Crippen LogP contribution in [0.25, 0.3) is 0 Å². The molecule has 0 aliphatic rings. The fraction of sp³-hybridized carbons (Fsp3) is 0.263. The lowest BCUT2D eigenvalue weighted by atomic mass is 10.1. The molecule has 0 bridgehead atoms. The quantitative estimate of drug-likeness (QED) is 0.480. The van der Waals surface area contributed by atoms with Gasteiger partial charge in [0.15, 0.2) is 13.2 Å². The third-order valence-corrected chi connectivity index (χ3v) is 3.84. The van der Waals surface area contributed by atoms with Crippen molar-refractivity contribution < 1.29 is 37.2 Å². The number of hydrogen-bond donors (Lipinski definition) is 2. The zero-order chi connectivity index (χ0) is 23.0. The molecule has 31 heavy (non-hydrogen) atoms. The number of nitrogens with zero attached hydrogens (tertiary/aromatic N) is 1. The van der Waals surface area contributed by atoms with Gasteiger partial charge in [-0.2, -0.15) is 13.2 Å². The van der Waals surface area contributed by atoms with Crippen molar-refractivity contribution in [3.05, 3.63) is 63.7 Å². The van der Waals surface area contributed by atoms with Crippen LogP contribution in [0.2, 0.25) is 0 Å². The van der Waals surface area contributed by atoms with Crippen LogP contribution in [-0.2, 0) is 11.2 Å². The Morgan fingerprint density at radius 3 is 2.45 bits per heavy atom. The maximum Gasteiger partial charge on any atom is 0.422 e. The highest BCUT2D eigenvalue weighted by Crippen LogP contribution is 2.25. The van der Waals surface area contributed by atoms with Crippen molar-refractivity contribution in [1.29, 1.82) is 0 Å². The highest BCUT2D eigenvalue weighted by atomic mass is 19.4. The second kappa shape index (κ2) is 10.3. The maximum atomic E-state index is 12.3. The highest BCUT2D eigenvalue weighted by molar-refractivity contribution is 5.99. The number of carbonyl (C=O) groups is 2. The Labute approximate surface area is 174 Å². The lowest BCUT2D eigenvalue weighted by molar-refractivity contribution is -0.385. The molecular formula is C19H18F3N3O6. The summed E-state index contributed by atoms with van der Waals surface area (Å²) in [4.78, 5) is 34.4. The number of aryl methyl sites for hydroxylation is 1. The van der Waals surface area contributed by atoms with Gasteiger partial charge >= 0.3 is 6.18 Å². The van der Waals surface area contributed by atoms with Crippen molar-refractivity contribution in [3.63, 3.8) is 0 Å². The van der Waals surface area contributed by atoms with Crippen molar-refractivity contribution in [2.75, 3.05) is 13.2 Å². The normalized spacial score (nSPS) is 10.8. The number of alkyl halides is 3. The number of halogens is 3. The molecule has 2 N–H and O–H groups in total. The zero-order valence-electron chi connectivity index (χ0n) is 16.2. The number of nitrogens with one attached hydrogen (secondary N) is 2. The van der Waals surface area contributed by atoms with Crippen LogP contribution < -0.4 is 20.3 Å². The van der Waals surface area contributed by atoms with Gasteiger partial charge in [0, 0.05) is 6.07 Å². The van der Waals surface area contributed by atoms with E-state index in [0.29, 0.717) is 12.2 Å². The molecule has 2 aromatic rings. The van der Waals surface area contributed by atoms with Crippen molar-refractivity contribution in [1.82, 2.24) is 10.9 Å². The molecule has 0 aliphatic carbocycles. The molecule has 166 valence electrons. The van der Waals surface area contributed by atoms with Crippen LogP contribution in [0, 0.1) is 10.1 Å². The summed E-state index contributed by atoms with van der Waals surface area (Å²) in [5, 5.41) is 11.1.